The van der Waals surface area contributed by atoms with Crippen molar-refractivity contribution in [3.63, 3.8) is 0 Å². The van der Waals surface area contributed by atoms with Crippen molar-refractivity contribution in [2.24, 2.45) is 5.92 Å². The van der Waals surface area contributed by atoms with Gasteiger partial charge in [-0.2, -0.15) is 0 Å². The van der Waals surface area contributed by atoms with Crippen LogP contribution >= 0.6 is 0 Å². The zero-order valence-corrected chi connectivity index (χ0v) is 19.1. The summed E-state index contributed by atoms with van der Waals surface area (Å²) in [6.07, 6.45) is 1.55. The van der Waals surface area contributed by atoms with Crippen LogP contribution in [0.1, 0.15) is 39.1 Å². The molecule has 1 heterocycles. The number of fused-ring (bicyclic) bond motifs is 1. The first kappa shape index (κ1) is 22.5. The van der Waals surface area contributed by atoms with Crippen molar-refractivity contribution in [1.82, 2.24) is 15.1 Å². The second-order valence-electron chi connectivity index (χ2n) is 8.73. The summed E-state index contributed by atoms with van der Waals surface area (Å²) in [6, 6.07) is 20.9. The summed E-state index contributed by atoms with van der Waals surface area (Å²) < 4.78 is 0. The lowest BCUT2D eigenvalue weighted by molar-refractivity contribution is -0.126. The molecule has 1 N–H and O–H groups in total. The lowest BCUT2D eigenvalue weighted by atomic mass is 9.95. The van der Waals surface area contributed by atoms with Gasteiger partial charge in [-0.1, -0.05) is 48.5 Å². The van der Waals surface area contributed by atoms with E-state index < -0.39 is 0 Å². The van der Waals surface area contributed by atoms with Crippen LogP contribution in [0.4, 0.5) is 0 Å². The van der Waals surface area contributed by atoms with Gasteiger partial charge in [0.05, 0.1) is 5.92 Å². The highest BCUT2D eigenvalue weighted by Crippen LogP contribution is 2.24. The van der Waals surface area contributed by atoms with Crippen molar-refractivity contribution in [2.45, 2.75) is 19.4 Å². The summed E-state index contributed by atoms with van der Waals surface area (Å²) in [5.74, 6) is -0.406. The Morgan fingerprint density at radius 2 is 1.76 bits per heavy atom. The number of nitrogens with zero attached hydrogens (tertiary/aromatic N) is 2. The van der Waals surface area contributed by atoms with Gasteiger partial charge < -0.3 is 15.1 Å². The predicted molar refractivity (Wildman–Crippen MR) is 129 cm³/mol. The number of likely N-dealkylation sites (tertiary alicyclic amines) is 1. The quantitative estimate of drug-likeness (QED) is 0.654. The van der Waals surface area contributed by atoms with Crippen LogP contribution in [0.15, 0.2) is 66.7 Å². The van der Waals surface area contributed by atoms with E-state index >= 15 is 0 Å². The van der Waals surface area contributed by atoms with Crippen molar-refractivity contribution in [3.8, 4) is 0 Å². The molecule has 1 saturated heterocycles. The number of amides is 3. The third-order valence-electron chi connectivity index (χ3n) is 6.15. The third-order valence-corrected chi connectivity index (χ3v) is 6.15. The SMILES string of the molecule is CN(C)C(=O)c1cccc(CNC(=O)C2CCCN(C(=O)c3cccc4ccccc34)C2)c1. The summed E-state index contributed by atoms with van der Waals surface area (Å²) in [7, 11) is 3.43. The Kier molecular flexibility index (Phi) is 6.73. The molecule has 3 aromatic rings. The van der Waals surface area contributed by atoms with Gasteiger partial charge in [0.2, 0.25) is 5.91 Å². The van der Waals surface area contributed by atoms with Crippen LogP contribution in [0.25, 0.3) is 10.8 Å². The van der Waals surface area contributed by atoms with E-state index in [2.05, 4.69) is 5.32 Å². The van der Waals surface area contributed by atoms with Gasteiger partial charge >= 0.3 is 0 Å². The second kappa shape index (κ2) is 9.86. The van der Waals surface area contributed by atoms with Gasteiger partial charge in [-0.3, -0.25) is 14.4 Å². The second-order valence-corrected chi connectivity index (χ2v) is 8.73. The number of hydrogen-bond acceptors (Lipinski definition) is 3. The van der Waals surface area contributed by atoms with Crippen LogP contribution < -0.4 is 5.32 Å². The molecule has 0 aromatic heterocycles. The van der Waals surface area contributed by atoms with E-state index in [1.165, 1.54) is 4.90 Å². The van der Waals surface area contributed by atoms with Crippen LogP contribution in [-0.4, -0.2) is 54.7 Å². The van der Waals surface area contributed by atoms with E-state index in [1.54, 1.807) is 31.1 Å². The van der Waals surface area contributed by atoms with E-state index in [-0.39, 0.29) is 23.6 Å². The maximum Gasteiger partial charge on any atom is 0.254 e. The van der Waals surface area contributed by atoms with Gasteiger partial charge in [0.15, 0.2) is 0 Å². The number of carbonyl (C=O) groups is 3. The molecule has 0 bridgehead atoms. The van der Waals surface area contributed by atoms with E-state index in [0.29, 0.717) is 30.8 Å². The first-order valence-corrected chi connectivity index (χ1v) is 11.3. The van der Waals surface area contributed by atoms with Gasteiger partial charge in [0.1, 0.15) is 0 Å². The van der Waals surface area contributed by atoms with Crippen LogP contribution in [-0.2, 0) is 11.3 Å². The van der Waals surface area contributed by atoms with Gasteiger partial charge in [-0.15, -0.1) is 0 Å². The molecule has 0 saturated carbocycles. The standard InChI is InChI=1S/C27H29N3O3/c1-29(2)26(32)21-11-5-8-19(16-21)17-28-25(31)22-12-7-15-30(18-22)27(33)24-14-6-10-20-9-3-4-13-23(20)24/h3-6,8-11,13-14,16,22H,7,12,15,17-18H2,1-2H3,(H,28,31). The van der Waals surface area contributed by atoms with Crippen molar-refractivity contribution in [3.05, 3.63) is 83.4 Å². The molecule has 1 aliphatic heterocycles. The number of carbonyl (C=O) groups excluding carboxylic acids is 3. The molecule has 0 radical (unpaired) electrons. The zero-order valence-electron chi connectivity index (χ0n) is 19.1. The Balaban J connectivity index is 1.40. The molecule has 3 aromatic carbocycles. The van der Waals surface area contributed by atoms with Crippen molar-refractivity contribution >= 4 is 28.5 Å². The Bertz CT molecular complexity index is 1180. The van der Waals surface area contributed by atoms with Crippen LogP contribution in [0, 0.1) is 5.92 Å². The number of rotatable bonds is 5. The average Bonchev–Trinajstić information content (AvgIpc) is 2.86. The van der Waals surface area contributed by atoms with Gasteiger partial charge in [-0.05, 0) is 47.4 Å². The van der Waals surface area contributed by atoms with Gasteiger partial charge in [0.25, 0.3) is 11.8 Å². The van der Waals surface area contributed by atoms with E-state index in [0.717, 1.165) is 29.2 Å². The highest BCUT2D eigenvalue weighted by Gasteiger charge is 2.29. The molecular weight excluding hydrogens is 414 g/mol. The minimum atomic E-state index is -0.246. The van der Waals surface area contributed by atoms with E-state index in [9.17, 15) is 14.4 Å². The number of piperidine rings is 1. The number of nitrogens with one attached hydrogen (secondary N) is 1. The third kappa shape index (κ3) is 5.06. The maximum atomic E-state index is 13.3. The van der Waals surface area contributed by atoms with Crippen molar-refractivity contribution < 1.29 is 14.4 Å². The first-order valence-electron chi connectivity index (χ1n) is 11.3. The summed E-state index contributed by atoms with van der Waals surface area (Å²) in [5, 5.41) is 4.96. The number of hydrogen-bond donors (Lipinski definition) is 1. The monoisotopic (exact) mass is 443 g/mol. The summed E-state index contributed by atoms with van der Waals surface area (Å²) in [4.78, 5) is 41.7. The fourth-order valence-corrected chi connectivity index (χ4v) is 4.36. The number of benzene rings is 3. The molecule has 6 nitrogen and oxygen atoms in total. The smallest absolute Gasteiger partial charge is 0.254 e. The zero-order chi connectivity index (χ0) is 23.4. The predicted octanol–water partition coefficient (Wildman–Crippen LogP) is 3.71. The van der Waals surface area contributed by atoms with Gasteiger partial charge in [0, 0.05) is 44.9 Å². The minimum Gasteiger partial charge on any atom is -0.352 e. The molecule has 1 aliphatic rings. The largest absolute Gasteiger partial charge is 0.352 e. The molecule has 1 unspecified atom stereocenters. The molecule has 6 heteroatoms. The Hall–Kier alpha value is -3.67. The summed E-state index contributed by atoms with van der Waals surface area (Å²) >= 11 is 0. The fraction of sp³-hybridized carbons (Fsp3) is 0.296. The molecule has 1 fully saturated rings. The molecule has 33 heavy (non-hydrogen) atoms. The lowest BCUT2D eigenvalue weighted by Crippen LogP contribution is -2.45. The minimum absolute atomic E-state index is 0.0285. The van der Waals surface area contributed by atoms with Crippen molar-refractivity contribution in [1.29, 1.82) is 0 Å². The van der Waals surface area contributed by atoms with Crippen LogP contribution in [0.5, 0.6) is 0 Å². The Morgan fingerprint density at radius 3 is 2.58 bits per heavy atom. The van der Waals surface area contributed by atoms with E-state index in [1.807, 2.05) is 54.6 Å². The highest BCUT2D eigenvalue weighted by molar-refractivity contribution is 6.07. The fourth-order valence-electron chi connectivity index (χ4n) is 4.36. The normalized spacial score (nSPS) is 15.8. The average molecular weight is 444 g/mol. The molecule has 170 valence electrons. The molecular formula is C27H29N3O3. The lowest BCUT2D eigenvalue weighted by Gasteiger charge is -2.32. The highest BCUT2D eigenvalue weighted by atomic mass is 16.2. The topological polar surface area (TPSA) is 69.7 Å². The molecule has 4 rings (SSSR count). The first-order chi connectivity index (χ1) is 15.9. The van der Waals surface area contributed by atoms with Crippen molar-refractivity contribution in [2.75, 3.05) is 27.2 Å². The Labute approximate surface area is 194 Å². The van der Waals surface area contributed by atoms with Crippen LogP contribution in [0.2, 0.25) is 0 Å². The Morgan fingerprint density at radius 1 is 1.00 bits per heavy atom. The summed E-state index contributed by atoms with van der Waals surface area (Å²) in [6.45, 7) is 1.41. The van der Waals surface area contributed by atoms with Gasteiger partial charge in [-0.25, -0.2) is 0 Å². The molecule has 0 spiro atoms. The van der Waals surface area contributed by atoms with Crippen LogP contribution in [0.3, 0.4) is 0 Å². The molecule has 0 aliphatic carbocycles. The summed E-state index contributed by atoms with van der Waals surface area (Å²) in [5.41, 5.74) is 2.14. The maximum absolute atomic E-state index is 13.3. The molecule has 3 amide bonds. The molecule has 1 atom stereocenters. The van der Waals surface area contributed by atoms with E-state index in [4.69, 9.17) is 0 Å².